The van der Waals surface area contributed by atoms with Gasteiger partial charge in [0.2, 0.25) is 0 Å². The molecule has 0 aromatic heterocycles. The number of nitrogens with one attached hydrogen (secondary N) is 1. The largest absolute Gasteiger partial charge is 0.478 e. The van der Waals surface area contributed by atoms with E-state index in [-0.39, 0.29) is 11.5 Å². The normalized spacial score (nSPS) is 27.3. The lowest BCUT2D eigenvalue weighted by Crippen LogP contribution is -2.40. The summed E-state index contributed by atoms with van der Waals surface area (Å²) in [6.45, 7) is 6.60. The lowest BCUT2D eigenvalue weighted by Gasteiger charge is -2.45. The minimum atomic E-state index is -0.863. The Labute approximate surface area is 149 Å². The Hall–Kier alpha value is -2.29. The second-order valence-corrected chi connectivity index (χ2v) is 7.96. The van der Waals surface area contributed by atoms with Crippen LogP contribution >= 0.6 is 0 Å². The number of rotatable bonds is 2. The van der Waals surface area contributed by atoms with Crippen molar-refractivity contribution in [2.75, 3.05) is 5.32 Å². The molecule has 0 saturated heterocycles. The predicted octanol–water partition coefficient (Wildman–Crippen LogP) is 5.23. The number of carboxylic acids is 1. The van der Waals surface area contributed by atoms with Gasteiger partial charge in [-0.15, -0.1) is 0 Å². The third-order valence-corrected chi connectivity index (χ3v) is 6.39. The number of aromatic carboxylic acids is 1. The second kappa shape index (κ2) is 5.62. The van der Waals surface area contributed by atoms with E-state index < -0.39 is 5.97 Å². The minimum Gasteiger partial charge on any atom is -0.478 e. The number of carboxylic acid groups (broad SMARTS) is 1. The Morgan fingerprint density at radius 1 is 1.20 bits per heavy atom. The van der Waals surface area contributed by atoms with Gasteiger partial charge in [0.25, 0.3) is 0 Å². The Morgan fingerprint density at radius 2 is 2.00 bits per heavy atom. The van der Waals surface area contributed by atoms with Crippen LogP contribution in [0.3, 0.4) is 0 Å². The SMILES string of the molecule is Cc1ccc2c(c1)[C@]1(C)CCC[C@@H]1[C@H](c1ccc(C(=O)O)cc1C)N2. The molecule has 2 aromatic rings. The van der Waals surface area contributed by atoms with E-state index in [0.717, 1.165) is 5.56 Å². The summed E-state index contributed by atoms with van der Waals surface area (Å²) in [5, 5.41) is 13.0. The molecule has 3 atom stereocenters. The zero-order valence-corrected chi connectivity index (χ0v) is 15.1. The Bertz CT molecular complexity index is 857. The van der Waals surface area contributed by atoms with Crippen molar-refractivity contribution >= 4 is 11.7 Å². The van der Waals surface area contributed by atoms with Crippen LogP contribution in [0, 0.1) is 19.8 Å². The Kier molecular flexibility index (Phi) is 3.64. The van der Waals surface area contributed by atoms with Crippen molar-refractivity contribution in [3.8, 4) is 0 Å². The Morgan fingerprint density at radius 3 is 2.72 bits per heavy atom. The number of aryl methyl sites for hydroxylation is 2. The van der Waals surface area contributed by atoms with E-state index in [1.165, 1.54) is 41.6 Å². The van der Waals surface area contributed by atoms with Crippen molar-refractivity contribution in [1.82, 2.24) is 0 Å². The summed E-state index contributed by atoms with van der Waals surface area (Å²) < 4.78 is 0. The molecule has 2 N–H and O–H groups in total. The maximum Gasteiger partial charge on any atom is 0.335 e. The number of anilines is 1. The highest BCUT2D eigenvalue weighted by Gasteiger charge is 2.48. The fourth-order valence-electron chi connectivity index (χ4n) is 5.04. The van der Waals surface area contributed by atoms with Crippen molar-refractivity contribution in [3.05, 3.63) is 64.2 Å². The summed E-state index contributed by atoms with van der Waals surface area (Å²) in [4.78, 5) is 11.3. The standard InChI is InChI=1S/C22H25NO2/c1-13-6-9-19-18(11-13)22(3)10-4-5-17(22)20(23-19)16-8-7-15(21(24)25)12-14(16)2/h6-9,11-12,17,20,23H,4-5,10H2,1-3H3,(H,24,25)/t17-,20+,22-/m1/s1. The van der Waals surface area contributed by atoms with Crippen LogP contribution in [0.1, 0.15) is 64.8 Å². The highest BCUT2D eigenvalue weighted by atomic mass is 16.4. The van der Waals surface area contributed by atoms with Crippen molar-refractivity contribution in [1.29, 1.82) is 0 Å². The lowest BCUT2D eigenvalue weighted by atomic mass is 9.66. The molecule has 0 amide bonds. The van der Waals surface area contributed by atoms with Gasteiger partial charge in [-0.25, -0.2) is 4.79 Å². The summed E-state index contributed by atoms with van der Waals surface area (Å²) in [5.74, 6) is -0.325. The molecule has 3 nitrogen and oxygen atoms in total. The molecule has 130 valence electrons. The van der Waals surface area contributed by atoms with Gasteiger partial charge in [-0.1, -0.05) is 37.1 Å². The molecule has 0 bridgehead atoms. The molecule has 3 heteroatoms. The monoisotopic (exact) mass is 335 g/mol. The molecular formula is C22H25NO2. The van der Waals surface area contributed by atoms with E-state index in [1.54, 1.807) is 12.1 Å². The van der Waals surface area contributed by atoms with Crippen molar-refractivity contribution in [2.45, 2.75) is 51.5 Å². The van der Waals surface area contributed by atoms with Crippen molar-refractivity contribution < 1.29 is 9.90 Å². The van der Waals surface area contributed by atoms with Crippen molar-refractivity contribution in [2.24, 2.45) is 5.92 Å². The van der Waals surface area contributed by atoms with E-state index in [4.69, 9.17) is 0 Å². The average Bonchev–Trinajstić information content (AvgIpc) is 2.97. The summed E-state index contributed by atoms with van der Waals surface area (Å²) in [6, 6.07) is 12.5. The smallest absolute Gasteiger partial charge is 0.335 e. The summed E-state index contributed by atoms with van der Waals surface area (Å²) >= 11 is 0. The third kappa shape index (κ3) is 2.45. The maximum atomic E-state index is 11.3. The van der Waals surface area contributed by atoms with Crippen LogP contribution in [-0.4, -0.2) is 11.1 Å². The minimum absolute atomic E-state index is 0.190. The number of hydrogen-bond donors (Lipinski definition) is 2. The van der Waals surface area contributed by atoms with Crippen molar-refractivity contribution in [3.63, 3.8) is 0 Å². The van der Waals surface area contributed by atoms with Crippen LogP contribution in [0.4, 0.5) is 5.69 Å². The number of benzene rings is 2. The highest BCUT2D eigenvalue weighted by Crippen LogP contribution is 2.56. The number of fused-ring (bicyclic) bond motifs is 3. The van der Waals surface area contributed by atoms with Gasteiger partial charge < -0.3 is 10.4 Å². The Balaban J connectivity index is 1.82. The van der Waals surface area contributed by atoms with Gasteiger partial charge in [-0.3, -0.25) is 0 Å². The molecule has 0 unspecified atom stereocenters. The summed E-state index contributed by atoms with van der Waals surface area (Å²) in [5.41, 5.74) is 6.84. The first-order chi connectivity index (χ1) is 11.9. The van der Waals surface area contributed by atoms with E-state index in [2.05, 4.69) is 37.4 Å². The molecule has 1 saturated carbocycles. The van der Waals surface area contributed by atoms with E-state index >= 15 is 0 Å². The van der Waals surface area contributed by atoms with Crippen LogP contribution in [0.25, 0.3) is 0 Å². The molecule has 4 rings (SSSR count). The van der Waals surface area contributed by atoms with Gasteiger partial charge in [0.15, 0.2) is 0 Å². The summed E-state index contributed by atoms with van der Waals surface area (Å²) in [7, 11) is 0. The fourth-order valence-corrected chi connectivity index (χ4v) is 5.04. The van der Waals surface area contributed by atoms with Crippen LogP contribution in [0.2, 0.25) is 0 Å². The van der Waals surface area contributed by atoms with Gasteiger partial charge >= 0.3 is 5.97 Å². The molecule has 1 aliphatic carbocycles. The molecule has 2 aromatic carbocycles. The highest BCUT2D eigenvalue weighted by molar-refractivity contribution is 5.88. The molecule has 2 aliphatic rings. The molecule has 0 spiro atoms. The molecule has 1 heterocycles. The van der Waals surface area contributed by atoms with Crippen LogP contribution in [-0.2, 0) is 5.41 Å². The lowest BCUT2D eigenvalue weighted by molar-refractivity contribution is 0.0696. The zero-order valence-electron chi connectivity index (χ0n) is 15.1. The van der Waals surface area contributed by atoms with E-state index in [0.29, 0.717) is 11.5 Å². The first-order valence-electron chi connectivity index (χ1n) is 9.11. The first-order valence-corrected chi connectivity index (χ1v) is 9.11. The first kappa shape index (κ1) is 16.2. The molecule has 25 heavy (non-hydrogen) atoms. The molecular weight excluding hydrogens is 310 g/mol. The molecule has 0 radical (unpaired) electrons. The van der Waals surface area contributed by atoms with Crippen LogP contribution < -0.4 is 5.32 Å². The van der Waals surface area contributed by atoms with Gasteiger partial charge in [0, 0.05) is 5.69 Å². The number of carbonyl (C=O) groups is 1. The van der Waals surface area contributed by atoms with E-state index in [9.17, 15) is 9.90 Å². The fraction of sp³-hybridized carbons (Fsp3) is 0.409. The maximum absolute atomic E-state index is 11.3. The third-order valence-electron chi connectivity index (χ3n) is 6.39. The quantitative estimate of drug-likeness (QED) is 0.790. The van der Waals surface area contributed by atoms with Gasteiger partial charge in [-0.2, -0.15) is 0 Å². The topological polar surface area (TPSA) is 49.3 Å². The average molecular weight is 335 g/mol. The summed E-state index contributed by atoms with van der Waals surface area (Å²) in [6.07, 6.45) is 3.68. The van der Waals surface area contributed by atoms with Gasteiger partial charge in [0.1, 0.15) is 0 Å². The van der Waals surface area contributed by atoms with Crippen LogP contribution in [0.5, 0.6) is 0 Å². The van der Waals surface area contributed by atoms with Gasteiger partial charge in [0.05, 0.1) is 11.6 Å². The van der Waals surface area contributed by atoms with E-state index in [1.807, 2.05) is 13.0 Å². The predicted molar refractivity (Wildman–Crippen MR) is 100 cm³/mol. The second-order valence-electron chi connectivity index (χ2n) is 7.96. The van der Waals surface area contributed by atoms with Crippen LogP contribution in [0.15, 0.2) is 36.4 Å². The van der Waals surface area contributed by atoms with Gasteiger partial charge in [-0.05, 0) is 72.9 Å². The molecule has 1 fully saturated rings. The number of hydrogen-bond acceptors (Lipinski definition) is 2. The zero-order chi connectivity index (χ0) is 17.8. The molecule has 1 aliphatic heterocycles.